The molecule has 270 valence electrons. The molecule has 4 aromatic rings. The molecule has 1 aliphatic heterocycles. The third-order valence-electron chi connectivity index (χ3n) is 9.35. The van der Waals surface area contributed by atoms with Crippen molar-refractivity contribution in [1.29, 1.82) is 0 Å². The fraction of sp³-hybridized carbons (Fsp3) is 0.409. The molecule has 4 nitrogen and oxygen atoms in total. The monoisotopic (exact) mass is 832 g/mol. The Balaban J connectivity index is 1.92. The van der Waals surface area contributed by atoms with Gasteiger partial charge in [0.1, 0.15) is 0 Å². The van der Waals surface area contributed by atoms with E-state index >= 15 is 0 Å². The van der Waals surface area contributed by atoms with Crippen molar-refractivity contribution in [2.24, 2.45) is 9.98 Å². The molecule has 4 aromatic carbocycles. The molecule has 0 saturated carbocycles. The molecule has 7 heteroatoms. The molecule has 0 N–H and O–H groups in total. The van der Waals surface area contributed by atoms with Crippen LogP contribution in [0.25, 0.3) is 0 Å². The Morgan fingerprint density at radius 1 is 0.490 bits per heavy atom. The maximum absolute atomic E-state index is 7.36. The van der Waals surface area contributed by atoms with Gasteiger partial charge in [-0.2, -0.15) is 0 Å². The molecule has 0 saturated heterocycles. The second-order valence-electron chi connectivity index (χ2n) is 17.8. The number of fused-ring (bicyclic) bond motifs is 2. The zero-order valence-corrected chi connectivity index (χ0v) is 36.7. The van der Waals surface area contributed by atoms with Gasteiger partial charge in [0.25, 0.3) is 0 Å². The van der Waals surface area contributed by atoms with Crippen LogP contribution in [-0.4, -0.2) is 29.4 Å². The van der Waals surface area contributed by atoms with E-state index < -0.39 is 17.0 Å². The third-order valence-corrected chi connectivity index (χ3v) is 13.9. The van der Waals surface area contributed by atoms with Crippen LogP contribution in [0.1, 0.15) is 140 Å². The Kier molecular flexibility index (Phi) is 11.2. The van der Waals surface area contributed by atoms with Gasteiger partial charge in [-0.15, -0.1) is 0 Å². The van der Waals surface area contributed by atoms with Crippen LogP contribution in [-0.2, 0) is 21.7 Å². The van der Waals surface area contributed by atoms with Crippen molar-refractivity contribution in [3.05, 3.63) is 129 Å². The zero-order chi connectivity index (χ0) is 37.6. The van der Waals surface area contributed by atoms with Gasteiger partial charge in [-0.3, -0.25) is 0 Å². The Morgan fingerprint density at radius 3 is 1.12 bits per heavy atom. The van der Waals surface area contributed by atoms with Gasteiger partial charge in [-0.25, -0.2) is 0 Å². The summed E-state index contributed by atoms with van der Waals surface area (Å²) in [5, 5.41) is 0. The van der Waals surface area contributed by atoms with Crippen molar-refractivity contribution >= 4 is 47.2 Å². The van der Waals surface area contributed by atoms with Gasteiger partial charge in [-0.05, 0) is 0 Å². The van der Waals surface area contributed by atoms with Gasteiger partial charge in [0.2, 0.25) is 0 Å². The zero-order valence-electron chi connectivity index (χ0n) is 32.4. The topological polar surface area (TPSA) is 43.2 Å². The minimum atomic E-state index is -4.94. The summed E-state index contributed by atoms with van der Waals surface area (Å²) in [6, 6.07) is 28.9. The van der Waals surface area contributed by atoms with Gasteiger partial charge in [-0.1, -0.05) is 0 Å². The summed E-state index contributed by atoms with van der Waals surface area (Å²) in [7, 11) is 14.7. The first-order valence-corrected chi connectivity index (χ1v) is 27.4. The van der Waals surface area contributed by atoms with Crippen LogP contribution in [0.5, 0.6) is 11.5 Å². The number of aliphatic imine (C=N–C) groups is 2. The molecule has 0 unspecified atom stereocenters. The Morgan fingerprint density at radius 2 is 0.824 bits per heavy atom. The van der Waals surface area contributed by atoms with Gasteiger partial charge in [0.05, 0.1) is 0 Å². The van der Waals surface area contributed by atoms with Gasteiger partial charge < -0.3 is 0 Å². The molecule has 0 radical (unpaired) electrons. The molecule has 0 amide bonds. The molecule has 0 bridgehead atoms. The van der Waals surface area contributed by atoms with Crippen molar-refractivity contribution in [3.8, 4) is 11.5 Å². The molecular formula is C44H54Cl2N2O2Sn. The van der Waals surface area contributed by atoms with Crippen LogP contribution in [0.2, 0.25) is 0 Å². The predicted molar refractivity (Wildman–Crippen MR) is 220 cm³/mol. The fourth-order valence-electron chi connectivity index (χ4n) is 6.28. The van der Waals surface area contributed by atoms with E-state index in [0.29, 0.717) is 11.5 Å². The van der Waals surface area contributed by atoms with Gasteiger partial charge in [0.15, 0.2) is 0 Å². The average Bonchev–Trinajstić information content (AvgIpc) is 3.02. The molecule has 1 heterocycles. The molecule has 0 spiro atoms. The van der Waals surface area contributed by atoms with Crippen LogP contribution in [0, 0.1) is 0 Å². The van der Waals surface area contributed by atoms with E-state index in [0.717, 1.165) is 33.4 Å². The Hall–Kier alpha value is -2.80. The van der Waals surface area contributed by atoms with Crippen molar-refractivity contribution in [2.45, 2.75) is 117 Å². The molecule has 2 atom stereocenters. The van der Waals surface area contributed by atoms with E-state index in [-0.39, 0.29) is 33.7 Å². The van der Waals surface area contributed by atoms with E-state index in [9.17, 15) is 0 Å². The van der Waals surface area contributed by atoms with Crippen molar-refractivity contribution < 1.29 is 6.15 Å². The molecule has 51 heavy (non-hydrogen) atoms. The van der Waals surface area contributed by atoms with E-state index in [1.165, 1.54) is 11.1 Å². The molecule has 0 aliphatic carbocycles. The van der Waals surface area contributed by atoms with Crippen LogP contribution in [0.15, 0.2) is 94.9 Å². The van der Waals surface area contributed by atoms with Crippen LogP contribution in [0.4, 0.5) is 0 Å². The van der Waals surface area contributed by atoms with E-state index in [2.05, 4.69) is 156 Å². The summed E-state index contributed by atoms with van der Waals surface area (Å²) in [5.74, 6) is 1.24. The first-order chi connectivity index (χ1) is 23.5. The molecule has 5 rings (SSSR count). The van der Waals surface area contributed by atoms with E-state index in [4.69, 9.17) is 34.0 Å². The third kappa shape index (κ3) is 9.42. The fourth-order valence-corrected chi connectivity index (χ4v) is 11.1. The predicted octanol–water partition coefficient (Wildman–Crippen LogP) is 12.6. The molecular weight excluding hydrogens is 778 g/mol. The van der Waals surface area contributed by atoms with Gasteiger partial charge >= 0.3 is 321 Å². The maximum atomic E-state index is 7.36. The number of hydrogen-bond acceptors (Lipinski definition) is 4. The first-order valence-electron chi connectivity index (χ1n) is 17.8. The average molecular weight is 833 g/mol. The number of halogens is 2. The van der Waals surface area contributed by atoms with Crippen LogP contribution >= 0.6 is 17.8 Å². The summed E-state index contributed by atoms with van der Waals surface area (Å²) in [4.78, 5) is 10.8. The first kappa shape index (κ1) is 39.4. The molecule has 1 aliphatic rings. The second-order valence-corrected chi connectivity index (χ2v) is 29.6. The second kappa shape index (κ2) is 14.6. The number of rotatable bonds is 2. The molecule has 0 fully saturated rings. The minimum absolute atomic E-state index is 0.135. The van der Waals surface area contributed by atoms with Gasteiger partial charge in [0, 0.05) is 0 Å². The summed E-state index contributed by atoms with van der Waals surface area (Å²) < 4.78 is 13.8. The van der Waals surface area contributed by atoms with E-state index in [1.54, 1.807) is 0 Å². The molecule has 0 aromatic heterocycles. The summed E-state index contributed by atoms with van der Waals surface area (Å²) in [5.41, 5.74) is 7.21. The normalized spacial score (nSPS) is 18.3. The number of nitrogens with zero attached hydrogens (tertiary/aromatic N) is 2. The number of hydrogen-bond donors (Lipinski definition) is 0. The van der Waals surface area contributed by atoms with Crippen LogP contribution < -0.4 is 6.15 Å². The van der Waals surface area contributed by atoms with Crippen molar-refractivity contribution in [1.82, 2.24) is 0 Å². The van der Waals surface area contributed by atoms with E-state index in [1.807, 2.05) is 24.6 Å². The van der Waals surface area contributed by atoms with Crippen LogP contribution in [0.3, 0.4) is 0 Å². The summed E-state index contributed by atoms with van der Waals surface area (Å²) in [6.07, 6.45) is 3.87. The standard InChI is InChI=1S/C44H56N2O2.2ClH.Sn/c1-41(2,3)33-23-31(39(47)35(25-33)43(7,8)9)27-45-37(29-19-15-13-16-20-29)38(30-21-17-14-18-22-30)46-28-32-24-34(42(4,5)6)26-36(40(32)48)44(10,11)12;;;/h13-28,37-38,47-48H,1-12H3;2*1H;/q;;;+4/p-4/t37-,38-;;;/m1.../s1. The van der Waals surface area contributed by atoms with Crippen molar-refractivity contribution in [3.63, 3.8) is 0 Å². The SMILES string of the molecule is CC(C)(C)c1cc2c(c(C(C)(C)C)c1)[O][Sn]([Cl])([Cl])[O]c1c(cc(C(C)(C)C)cc1C(C)(C)C)C=N[C@H](c1ccccc1)[C@@H](c1ccccc1)N=C2. The number of benzene rings is 4. The van der Waals surface area contributed by atoms with Crippen molar-refractivity contribution in [2.75, 3.05) is 0 Å². The summed E-state index contributed by atoms with van der Waals surface area (Å²) >= 11 is -4.94. The Labute approximate surface area is 319 Å². The Bertz CT molecular complexity index is 1770. The summed E-state index contributed by atoms with van der Waals surface area (Å²) in [6.45, 7) is 26.4. The quantitative estimate of drug-likeness (QED) is 0.189.